The molecule has 0 bridgehead atoms. The summed E-state index contributed by atoms with van der Waals surface area (Å²) in [4.78, 5) is 171. The number of carbonyl (C=O) groups is 13. The first-order valence-electron chi connectivity index (χ1n) is 26.9. The van der Waals surface area contributed by atoms with E-state index in [2.05, 4.69) is 21.3 Å². The van der Waals surface area contributed by atoms with Gasteiger partial charge in [0.15, 0.2) is 5.78 Å². The van der Waals surface area contributed by atoms with E-state index in [4.69, 9.17) is 28.7 Å². The Labute approximate surface area is 448 Å². The van der Waals surface area contributed by atoms with Crippen molar-refractivity contribution in [3.8, 4) is 0 Å². The van der Waals surface area contributed by atoms with Gasteiger partial charge in [-0.3, -0.25) is 57.6 Å². The van der Waals surface area contributed by atoms with Gasteiger partial charge < -0.3 is 45.2 Å². The van der Waals surface area contributed by atoms with Crippen LogP contribution in [0.25, 0.3) is 0 Å². The van der Waals surface area contributed by atoms with Gasteiger partial charge in [-0.25, -0.2) is 9.59 Å². The minimum Gasteiger partial charge on any atom is -0.378 e. The van der Waals surface area contributed by atoms with Crippen molar-refractivity contribution in [2.24, 2.45) is 0 Å². The highest BCUT2D eigenvalue weighted by molar-refractivity contribution is 6.02. The zero-order valence-electron chi connectivity index (χ0n) is 44.6. The Morgan fingerprint density at radius 2 is 0.727 bits per heavy atom. The van der Waals surface area contributed by atoms with Crippen LogP contribution < -0.4 is 21.3 Å². The van der Waals surface area contributed by atoms with E-state index in [-0.39, 0.29) is 147 Å². The van der Waals surface area contributed by atoms with E-state index in [1.807, 2.05) is 0 Å². The molecule has 77 heavy (non-hydrogen) atoms. The topological polar surface area (TPSA) is 335 Å². The first-order chi connectivity index (χ1) is 37.0. The summed E-state index contributed by atoms with van der Waals surface area (Å²) >= 11 is 0. The third-order valence-electron chi connectivity index (χ3n) is 12.2. The number of nitrogens with zero attached hydrogens (tertiary/aromatic N) is 3. The van der Waals surface area contributed by atoms with Gasteiger partial charge in [0.05, 0.1) is 39.6 Å². The molecular formula is C51H79N7O19. The van der Waals surface area contributed by atoms with Crippen LogP contribution in [0.15, 0.2) is 0 Å². The smallest absolute Gasteiger partial charge is 0.333 e. The van der Waals surface area contributed by atoms with Crippen molar-refractivity contribution in [1.29, 1.82) is 0 Å². The highest BCUT2D eigenvalue weighted by atomic mass is 16.7. The monoisotopic (exact) mass is 1090 g/mol. The van der Waals surface area contributed by atoms with E-state index >= 15 is 0 Å². The second kappa shape index (κ2) is 37.5. The molecule has 0 aromatic heterocycles. The largest absolute Gasteiger partial charge is 0.378 e. The Balaban J connectivity index is 1.34. The summed E-state index contributed by atoms with van der Waals surface area (Å²) in [6, 6.07) is 0. The molecule has 26 nitrogen and oxygen atoms in total. The number of hydrogen-bond donors (Lipinski definition) is 4. The van der Waals surface area contributed by atoms with Crippen LogP contribution in [0.4, 0.5) is 0 Å². The van der Waals surface area contributed by atoms with Gasteiger partial charge in [0.25, 0.3) is 35.4 Å². The predicted octanol–water partition coefficient (Wildman–Crippen LogP) is 1.93. The Bertz CT molecular complexity index is 1880. The fraction of sp³-hybridized carbons (Fsp3) is 0.745. The number of carbonyl (C=O) groups excluding carboxylic acids is 13. The number of hydroxylamine groups is 6. The van der Waals surface area contributed by atoms with Crippen molar-refractivity contribution in [3.63, 3.8) is 0 Å². The molecule has 0 atom stereocenters. The maximum absolute atomic E-state index is 12.6. The second-order valence-electron chi connectivity index (χ2n) is 19.1. The van der Waals surface area contributed by atoms with Crippen LogP contribution in [-0.2, 0) is 91.1 Å². The molecule has 0 aliphatic carbocycles. The van der Waals surface area contributed by atoms with Crippen molar-refractivity contribution in [2.45, 2.75) is 179 Å². The van der Waals surface area contributed by atoms with Gasteiger partial charge in [-0.15, -0.1) is 10.1 Å². The maximum Gasteiger partial charge on any atom is 0.333 e. The predicted molar refractivity (Wildman–Crippen MR) is 267 cm³/mol. The number of ether oxygens (including phenoxy) is 3. The van der Waals surface area contributed by atoms with Crippen molar-refractivity contribution in [1.82, 2.24) is 36.5 Å². The maximum atomic E-state index is 12.6. The van der Waals surface area contributed by atoms with Crippen LogP contribution >= 0.6 is 0 Å². The highest BCUT2D eigenvalue weighted by Gasteiger charge is 2.35. The van der Waals surface area contributed by atoms with Gasteiger partial charge in [0.1, 0.15) is 12.1 Å². The highest BCUT2D eigenvalue weighted by Crippen LogP contribution is 2.17. The normalized spacial score (nSPS) is 14.6. The number of Topliss-reactive ketones (excluding diaryl/α,β-unsaturated/α-hetero) is 1. The van der Waals surface area contributed by atoms with E-state index in [0.29, 0.717) is 73.3 Å². The lowest BCUT2D eigenvalue weighted by Gasteiger charge is -2.34. The van der Waals surface area contributed by atoms with Crippen LogP contribution in [0.2, 0.25) is 0 Å². The van der Waals surface area contributed by atoms with Crippen molar-refractivity contribution in [2.75, 3.05) is 65.9 Å². The molecular weight excluding hydrogens is 1010 g/mol. The lowest BCUT2D eigenvalue weighted by molar-refractivity contribution is -0.197. The molecule has 3 rings (SSSR count). The van der Waals surface area contributed by atoms with Crippen LogP contribution in [0.5, 0.6) is 0 Å². The van der Waals surface area contributed by atoms with Crippen LogP contribution in [0.3, 0.4) is 0 Å². The molecule has 3 saturated heterocycles. The summed E-state index contributed by atoms with van der Waals surface area (Å²) in [5, 5.41) is 13.1. The van der Waals surface area contributed by atoms with Gasteiger partial charge in [0.2, 0.25) is 23.6 Å². The Morgan fingerprint density at radius 3 is 1.08 bits per heavy atom. The summed E-state index contributed by atoms with van der Waals surface area (Å²) in [7, 11) is 0. The molecule has 3 aliphatic heterocycles. The van der Waals surface area contributed by atoms with Gasteiger partial charge in [-0.1, -0.05) is 51.4 Å². The molecule has 0 saturated carbocycles. The van der Waals surface area contributed by atoms with E-state index < -0.39 is 58.8 Å². The molecule has 0 radical (unpaired) electrons. The van der Waals surface area contributed by atoms with Gasteiger partial charge in [-0.05, 0) is 38.5 Å². The number of amides is 10. The Hall–Kier alpha value is -6.25. The molecule has 0 aromatic rings. The van der Waals surface area contributed by atoms with E-state index in [1.165, 1.54) is 6.92 Å². The van der Waals surface area contributed by atoms with E-state index in [1.54, 1.807) is 0 Å². The number of unbranched alkanes of at least 4 members (excludes halogenated alkanes) is 11. The third kappa shape index (κ3) is 28.1. The quantitative estimate of drug-likeness (QED) is 0.0500. The molecule has 3 fully saturated rings. The van der Waals surface area contributed by atoms with Crippen molar-refractivity contribution >= 4 is 76.8 Å². The van der Waals surface area contributed by atoms with Crippen LogP contribution in [-0.4, -0.2) is 163 Å². The van der Waals surface area contributed by atoms with E-state index in [9.17, 15) is 62.3 Å². The molecule has 3 heterocycles. The number of imide groups is 3. The second-order valence-corrected chi connectivity index (χ2v) is 19.1. The van der Waals surface area contributed by atoms with Crippen molar-refractivity contribution in [3.05, 3.63) is 0 Å². The van der Waals surface area contributed by atoms with Gasteiger partial charge in [0, 0.05) is 104 Å². The molecule has 432 valence electrons. The molecule has 0 unspecified atom stereocenters. The minimum absolute atomic E-state index is 0.00783. The zero-order valence-corrected chi connectivity index (χ0v) is 44.6. The lowest BCUT2D eigenvalue weighted by Crippen LogP contribution is -2.58. The standard InChI is InChI=1S/C51H79N7O19/c1-38(59)55-51(35-72-31-25-40(61)52-28-13-7-2-4-11-17-49(70)76-57-45(66)21-22-46(57)67,36-73-32-26-41(62)53-29-14-8-3-5-12-18-50(71)77-58-47(68)23-24-48(58)69)37-74-33-27-42(63)54-30-15-9-6-10-16-39(60)34-75-56-43(64)19-20-44(56)65/h2-37H2,1H3,(H,52,61)(H,53,62)(H,54,63)(H,55,59). The fourth-order valence-corrected chi connectivity index (χ4v) is 8.02. The zero-order chi connectivity index (χ0) is 56.3. The summed E-state index contributed by atoms with van der Waals surface area (Å²) in [5.41, 5.74) is -1.26. The fourth-order valence-electron chi connectivity index (χ4n) is 8.02. The number of ketones is 1. The van der Waals surface area contributed by atoms with Crippen LogP contribution in [0.1, 0.15) is 174 Å². The molecule has 26 heteroatoms. The SMILES string of the molecule is CC(=O)NC(COCCC(=O)NCCCCCCCC(=O)ON1C(=O)CCC1=O)(COCCC(=O)NCCCCCCCC(=O)ON1C(=O)CCC1=O)COCCC(=O)NCCCCCCC(=O)CON1C(=O)CCC1=O. The number of nitrogens with one attached hydrogen (secondary N) is 4. The minimum atomic E-state index is -1.26. The molecule has 0 aromatic carbocycles. The summed E-state index contributed by atoms with van der Waals surface area (Å²) in [6.07, 6.45) is 10.5. The number of rotatable bonds is 44. The molecule has 3 aliphatic rings. The van der Waals surface area contributed by atoms with Crippen LogP contribution in [0, 0.1) is 0 Å². The number of hydrogen-bond acceptors (Lipinski definition) is 19. The summed E-state index contributed by atoms with van der Waals surface area (Å²) in [5.74, 6) is -5.70. The van der Waals surface area contributed by atoms with Gasteiger partial charge >= 0.3 is 11.9 Å². The third-order valence-corrected chi connectivity index (χ3v) is 12.2. The Morgan fingerprint density at radius 1 is 0.416 bits per heavy atom. The molecule has 10 amide bonds. The molecule has 4 N–H and O–H groups in total. The Kier molecular flexibility index (Phi) is 31.7. The molecule has 0 spiro atoms. The average Bonchev–Trinajstić information content (AvgIpc) is 4.01. The van der Waals surface area contributed by atoms with E-state index in [0.717, 1.165) is 51.4 Å². The first-order valence-corrected chi connectivity index (χ1v) is 26.9. The summed E-state index contributed by atoms with van der Waals surface area (Å²) < 4.78 is 17.7. The summed E-state index contributed by atoms with van der Waals surface area (Å²) in [6.45, 7) is 1.78. The van der Waals surface area contributed by atoms with Crippen molar-refractivity contribution < 1.29 is 91.1 Å². The average molecular weight is 1090 g/mol. The first kappa shape index (κ1) is 65.0. The lowest BCUT2D eigenvalue weighted by atomic mass is 10.0. The van der Waals surface area contributed by atoms with Gasteiger partial charge in [-0.2, -0.15) is 5.06 Å².